The summed E-state index contributed by atoms with van der Waals surface area (Å²) in [7, 11) is 0. The van der Waals surface area contributed by atoms with Crippen LogP contribution in [-0.4, -0.2) is 16.7 Å². The van der Waals surface area contributed by atoms with Crippen LogP contribution in [0.2, 0.25) is 0 Å². The third kappa shape index (κ3) is 2.61. The van der Waals surface area contributed by atoms with Crippen molar-refractivity contribution in [2.75, 3.05) is 0 Å². The number of carbonyl (C=O) groups excluding carboxylic acids is 1. The van der Waals surface area contributed by atoms with Crippen molar-refractivity contribution in [3.8, 4) is 0 Å². The fraction of sp³-hybridized carbons (Fsp3) is 0.462. The van der Waals surface area contributed by atoms with Gasteiger partial charge >= 0.3 is 5.97 Å². The van der Waals surface area contributed by atoms with Gasteiger partial charge in [0.25, 0.3) is 0 Å². The summed E-state index contributed by atoms with van der Waals surface area (Å²) in [5.74, 6) is -0.325. The fourth-order valence-electron chi connectivity index (χ4n) is 2.02. The van der Waals surface area contributed by atoms with Gasteiger partial charge in [0, 0.05) is 0 Å². The van der Waals surface area contributed by atoms with E-state index in [1.54, 1.807) is 6.92 Å². The molecule has 0 unspecified atom stereocenters. The van der Waals surface area contributed by atoms with E-state index in [1.807, 2.05) is 30.3 Å². The van der Waals surface area contributed by atoms with Gasteiger partial charge in [0.15, 0.2) is 0 Å². The molecule has 0 aliphatic heterocycles. The van der Waals surface area contributed by atoms with E-state index in [9.17, 15) is 9.90 Å². The summed E-state index contributed by atoms with van der Waals surface area (Å²) in [6, 6.07) is 9.59. The normalized spacial score (nSPS) is 28.2. The number of ether oxygens (including phenoxy) is 1. The van der Waals surface area contributed by atoms with E-state index in [0.29, 0.717) is 19.4 Å². The number of hydrogen-bond acceptors (Lipinski definition) is 3. The van der Waals surface area contributed by atoms with Gasteiger partial charge in [-0.05, 0) is 25.3 Å². The van der Waals surface area contributed by atoms with Crippen LogP contribution in [0.4, 0.5) is 0 Å². The van der Waals surface area contributed by atoms with Crippen LogP contribution in [0.1, 0.15) is 25.3 Å². The molecule has 1 N–H and O–H groups in total. The van der Waals surface area contributed by atoms with Gasteiger partial charge in [-0.25, -0.2) is 0 Å². The SMILES string of the molecule is C[C@]1(O)C[C@@H](C(=O)OCc2ccccc2)C1. The van der Waals surface area contributed by atoms with Gasteiger partial charge in [-0.15, -0.1) is 0 Å². The first-order valence-corrected chi connectivity index (χ1v) is 5.50. The maximum atomic E-state index is 11.6. The quantitative estimate of drug-likeness (QED) is 0.791. The van der Waals surface area contributed by atoms with Gasteiger partial charge in [0.2, 0.25) is 0 Å². The molecule has 86 valence electrons. The summed E-state index contributed by atoms with van der Waals surface area (Å²) in [6.07, 6.45) is 1.03. The molecule has 0 bridgehead atoms. The van der Waals surface area contributed by atoms with Crippen LogP contribution in [0, 0.1) is 5.92 Å². The zero-order valence-electron chi connectivity index (χ0n) is 9.35. The number of aliphatic hydroxyl groups is 1. The summed E-state index contributed by atoms with van der Waals surface area (Å²) in [6.45, 7) is 2.06. The highest BCUT2D eigenvalue weighted by molar-refractivity contribution is 5.74. The molecule has 1 aromatic carbocycles. The molecular formula is C13H16O3. The van der Waals surface area contributed by atoms with E-state index < -0.39 is 5.60 Å². The van der Waals surface area contributed by atoms with Crippen LogP contribution in [0.5, 0.6) is 0 Å². The summed E-state index contributed by atoms with van der Waals surface area (Å²) in [5.41, 5.74) is 0.318. The van der Waals surface area contributed by atoms with Crippen molar-refractivity contribution in [2.45, 2.75) is 32.0 Å². The minimum absolute atomic E-state index is 0.126. The molecule has 0 aromatic heterocycles. The number of rotatable bonds is 3. The Morgan fingerprint density at radius 1 is 1.44 bits per heavy atom. The van der Waals surface area contributed by atoms with Gasteiger partial charge in [-0.2, -0.15) is 0 Å². The molecule has 0 radical (unpaired) electrons. The average molecular weight is 220 g/mol. The second-order valence-electron chi connectivity index (χ2n) is 4.70. The monoisotopic (exact) mass is 220 g/mol. The first kappa shape index (κ1) is 11.1. The van der Waals surface area contributed by atoms with Crippen LogP contribution in [0.3, 0.4) is 0 Å². The molecule has 0 spiro atoms. The molecule has 1 fully saturated rings. The minimum atomic E-state index is -0.670. The van der Waals surface area contributed by atoms with E-state index in [2.05, 4.69) is 0 Å². The molecular weight excluding hydrogens is 204 g/mol. The third-order valence-corrected chi connectivity index (χ3v) is 2.93. The van der Waals surface area contributed by atoms with Crippen molar-refractivity contribution < 1.29 is 14.6 Å². The molecule has 1 aliphatic carbocycles. The maximum Gasteiger partial charge on any atom is 0.309 e. The fourth-order valence-corrected chi connectivity index (χ4v) is 2.02. The summed E-state index contributed by atoms with van der Waals surface area (Å²) < 4.78 is 5.18. The second kappa shape index (κ2) is 4.26. The lowest BCUT2D eigenvalue weighted by Crippen LogP contribution is -2.44. The summed E-state index contributed by atoms with van der Waals surface area (Å²) in [4.78, 5) is 11.6. The van der Waals surface area contributed by atoms with E-state index in [1.165, 1.54) is 0 Å². The maximum absolute atomic E-state index is 11.6. The molecule has 0 heterocycles. The Labute approximate surface area is 95.0 Å². The van der Waals surface area contributed by atoms with Crippen molar-refractivity contribution in [3.63, 3.8) is 0 Å². The summed E-state index contributed by atoms with van der Waals surface area (Å²) in [5, 5.41) is 9.51. The first-order valence-electron chi connectivity index (χ1n) is 5.50. The summed E-state index contributed by atoms with van der Waals surface area (Å²) >= 11 is 0. The molecule has 16 heavy (non-hydrogen) atoms. The highest BCUT2D eigenvalue weighted by Crippen LogP contribution is 2.37. The number of hydrogen-bond donors (Lipinski definition) is 1. The molecule has 0 atom stereocenters. The molecule has 3 nitrogen and oxygen atoms in total. The van der Waals surface area contributed by atoms with Crippen molar-refractivity contribution in [1.82, 2.24) is 0 Å². The smallest absolute Gasteiger partial charge is 0.309 e. The van der Waals surface area contributed by atoms with Gasteiger partial charge in [0.05, 0.1) is 11.5 Å². The van der Waals surface area contributed by atoms with Crippen LogP contribution in [-0.2, 0) is 16.1 Å². The van der Waals surface area contributed by atoms with Crippen LogP contribution >= 0.6 is 0 Å². The Hall–Kier alpha value is -1.35. The van der Waals surface area contributed by atoms with Crippen LogP contribution < -0.4 is 0 Å². The van der Waals surface area contributed by atoms with E-state index >= 15 is 0 Å². The topological polar surface area (TPSA) is 46.5 Å². The Balaban J connectivity index is 1.77. The van der Waals surface area contributed by atoms with Gasteiger partial charge in [-0.1, -0.05) is 30.3 Å². The predicted molar refractivity (Wildman–Crippen MR) is 59.6 cm³/mol. The minimum Gasteiger partial charge on any atom is -0.461 e. The Morgan fingerprint density at radius 3 is 2.62 bits per heavy atom. The third-order valence-electron chi connectivity index (χ3n) is 2.93. The van der Waals surface area contributed by atoms with Crippen molar-refractivity contribution in [1.29, 1.82) is 0 Å². The van der Waals surface area contributed by atoms with Gasteiger partial charge < -0.3 is 9.84 Å². The lowest BCUT2D eigenvalue weighted by molar-refractivity contribution is -0.164. The lowest BCUT2D eigenvalue weighted by atomic mass is 9.72. The molecule has 1 aromatic rings. The van der Waals surface area contributed by atoms with Crippen molar-refractivity contribution in [3.05, 3.63) is 35.9 Å². The van der Waals surface area contributed by atoms with Crippen molar-refractivity contribution in [2.24, 2.45) is 5.92 Å². The zero-order valence-corrected chi connectivity index (χ0v) is 9.35. The lowest BCUT2D eigenvalue weighted by Gasteiger charge is -2.39. The van der Waals surface area contributed by atoms with Crippen LogP contribution in [0.25, 0.3) is 0 Å². The van der Waals surface area contributed by atoms with E-state index in [0.717, 1.165) is 5.56 Å². The molecule has 0 saturated heterocycles. The average Bonchev–Trinajstić information content (AvgIpc) is 2.24. The first-order chi connectivity index (χ1) is 7.57. The van der Waals surface area contributed by atoms with Crippen LogP contribution in [0.15, 0.2) is 30.3 Å². The largest absolute Gasteiger partial charge is 0.461 e. The van der Waals surface area contributed by atoms with Crippen molar-refractivity contribution >= 4 is 5.97 Å². The predicted octanol–water partition coefficient (Wildman–Crippen LogP) is 1.89. The molecule has 3 heteroatoms. The van der Waals surface area contributed by atoms with Gasteiger partial charge in [0.1, 0.15) is 6.61 Å². The zero-order chi connectivity index (χ0) is 11.6. The van der Waals surface area contributed by atoms with Gasteiger partial charge in [-0.3, -0.25) is 4.79 Å². The Kier molecular flexibility index (Phi) is 2.97. The van der Waals surface area contributed by atoms with E-state index in [-0.39, 0.29) is 11.9 Å². The Bertz CT molecular complexity index is 362. The number of benzene rings is 1. The molecule has 2 rings (SSSR count). The second-order valence-corrected chi connectivity index (χ2v) is 4.70. The number of carbonyl (C=O) groups is 1. The highest BCUT2D eigenvalue weighted by atomic mass is 16.5. The standard InChI is InChI=1S/C13H16O3/c1-13(15)7-11(8-13)12(14)16-9-10-5-3-2-4-6-10/h2-6,11,15H,7-9H2,1H3/t11-,13+. The van der Waals surface area contributed by atoms with E-state index in [4.69, 9.17) is 4.74 Å². The Morgan fingerprint density at radius 2 is 2.06 bits per heavy atom. The molecule has 0 amide bonds. The molecule has 1 aliphatic rings. The number of esters is 1. The highest BCUT2D eigenvalue weighted by Gasteiger charge is 2.43. The molecule has 1 saturated carbocycles.